The molecule has 1 saturated heterocycles. The zero-order chi connectivity index (χ0) is 19.7. The molecule has 1 aromatic heterocycles. The summed E-state index contributed by atoms with van der Waals surface area (Å²) in [6.45, 7) is 6.34. The van der Waals surface area contributed by atoms with Gasteiger partial charge >= 0.3 is 0 Å². The van der Waals surface area contributed by atoms with E-state index in [1.165, 1.54) is 23.7 Å². The minimum atomic E-state index is -0.139. The van der Waals surface area contributed by atoms with Crippen molar-refractivity contribution in [2.24, 2.45) is 5.92 Å². The van der Waals surface area contributed by atoms with E-state index < -0.39 is 0 Å². The number of carbonyl (C=O) groups excluding carboxylic acids is 2. The van der Waals surface area contributed by atoms with Crippen LogP contribution in [0.5, 0.6) is 0 Å². The van der Waals surface area contributed by atoms with E-state index in [1.807, 2.05) is 4.90 Å². The van der Waals surface area contributed by atoms with Crippen LogP contribution in [0.25, 0.3) is 0 Å². The molecule has 0 bridgehead atoms. The molecule has 3 heterocycles. The second-order valence-electron chi connectivity index (χ2n) is 8.24. The molecule has 2 aromatic rings. The van der Waals surface area contributed by atoms with Crippen molar-refractivity contribution in [3.8, 4) is 0 Å². The van der Waals surface area contributed by atoms with Crippen LogP contribution in [0.2, 0.25) is 0 Å². The van der Waals surface area contributed by atoms with Gasteiger partial charge in [-0.1, -0.05) is 26.0 Å². The highest BCUT2D eigenvalue weighted by molar-refractivity contribution is 5.98. The number of carbonyl (C=O) groups is 2. The Balaban J connectivity index is 1.51. The summed E-state index contributed by atoms with van der Waals surface area (Å²) >= 11 is 0. The Morgan fingerprint density at radius 3 is 2.75 bits per heavy atom. The van der Waals surface area contributed by atoms with Crippen LogP contribution in [-0.2, 0) is 11.2 Å². The molecule has 4 rings (SSSR count). The van der Waals surface area contributed by atoms with E-state index in [9.17, 15) is 9.59 Å². The van der Waals surface area contributed by atoms with Crippen LogP contribution in [0.15, 0.2) is 41.2 Å². The van der Waals surface area contributed by atoms with E-state index in [0.717, 1.165) is 37.9 Å². The molecule has 2 aliphatic heterocycles. The van der Waals surface area contributed by atoms with E-state index in [1.54, 1.807) is 11.0 Å². The van der Waals surface area contributed by atoms with Gasteiger partial charge in [0.2, 0.25) is 5.91 Å². The standard InChI is InChI=1S/C23H28N2O3/c1-16(2)17-7-8-21-18(13-17)5-4-11-25(21)23(27)19-6-3-10-24(14-19)22(26)20-9-12-28-15-20/h7-9,12-13,15-16,19H,3-6,10-11,14H2,1-2H3/t19-/m1/s1. The molecule has 5 heteroatoms. The monoisotopic (exact) mass is 380 g/mol. The van der Waals surface area contributed by atoms with Crippen molar-refractivity contribution >= 4 is 17.5 Å². The number of amides is 2. The van der Waals surface area contributed by atoms with E-state index in [-0.39, 0.29) is 17.7 Å². The van der Waals surface area contributed by atoms with Crippen molar-refractivity contribution in [2.75, 3.05) is 24.5 Å². The van der Waals surface area contributed by atoms with Crippen LogP contribution in [-0.4, -0.2) is 36.3 Å². The molecular formula is C23H28N2O3. The number of nitrogens with zero attached hydrogens (tertiary/aromatic N) is 2. The maximum Gasteiger partial charge on any atom is 0.257 e. The van der Waals surface area contributed by atoms with Gasteiger partial charge in [-0.05, 0) is 54.9 Å². The summed E-state index contributed by atoms with van der Waals surface area (Å²) in [5, 5.41) is 0. The van der Waals surface area contributed by atoms with Gasteiger partial charge in [0, 0.05) is 25.3 Å². The Kier molecular flexibility index (Phi) is 5.25. The lowest BCUT2D eigenvalue weighted by Gasteiger charge is -2.37. The minimum absolute atomic E-state index is 0.0492. The highest BCUT2D eigenvalue weighted by atomic mass is 16.3. The summed E-state index contributed by atoms with van der Waals surface area (Å²) in [5.74, 6) is 0.451. The Labute approximate surface area is 166 Å². The molecule has 0 spiro atoms. The number of hydrogen-bond donors (Lipinski definition) is 0. The predicted octanol–water partition coefficient (Wildman–Crippen LogP) is 4.23. The van der Waals surface area contributed by atoms with E-state index in [4.69, 9.17) is 4.42 Å². The molecule has 148 valence electrons. The van der Waals surface area contributed by atoms with Gasteiger partial charge in [-0.25, -0.2) is 0 Å². The molecule has 28 heavy (non-hydrogen) atoms. The van der Waals surface area contributed by atoms with Crippen molar-refractivity contribution in [3.05, 3.63) is 53.5 Å². The number of likely N-dealkylation sites (tertiary alicyclic amines) is 1. The second-order valence-corrected chi connectivity index (χ2v) is 8.24. The van der Waals surface area contributed by atoms with Crippen molar-refractivity contribution in [2.45, 2.75) is 45.4 Å². The average molecular weight is 380 g/mol. The fraction of sp³-hybridized carbons (Fsp3) is 0.478. The minimum Gasteiger partial charge on any atom is -0.472 e. The summed E-state index contributed by atoms with van der Waals surface area (Å²) < 4.78 is 5.04. The zero-order valence-corrected chi connectivity index (χ0v) is 16.7. The Hall–Kier alpha value is -2.56. The molecule has 2 amide bonds. The van der Waals surface area contributed by atoms with Crippen LogP contribution in [0.1, 0.15) is 60.5 Å². The first-order valence-electron chi connectivity index (χ1n) is 10.3. The number of rotatable bonds is 3. The molecule has 0 saturated carbocycles. The summed E-state index contributed by atoms with van der Waals surface area (Å²) in [6, 6.07) is 8.19. The number of aryl methyl sites for hydroxylation is 1. The van der Waals surface area contributed by atoms with Gasteiger partial charge in [0.1, 0.15) is 6.26 Å². The van der Waals surface area contributed by atoms with Crippen LogP contribution in [0.3, 0.4) is 0 Å². The first-order chi connectivity index (χ1) is 13.5. The molecule has 0 aliphatic carbocycles. The third kappa shape index (κ3) is 3.58. The van der Waals surface area contributed by atoms with Crippen LogP contribution < -0.4 is 4.90 Å². The maximum atomic E-state index is 13.4. The number of piperidine rings is 1. The van der Waals surface area contributed by atoms with Gasteiger partial charge in [-0.2, -0.15) is 0 Å². The summed E-state index contributed by atoms with van der Waals surface area (Å²) in [6.07, 6.45) is 6.69. The summed E-state index contributed by atoms with van der Waals surface area (Å²) in [7, 11) is 0. The topological polar surface area (TPSA) is 53.8 Å². The first-order valence-corrected chi connectivity index (χ1v) is 10.3. The molecule has 0 N–H and O–H groups in total. The van der Waals surface area contributed by atoms with Gasteiger partial charge in [0.25, 0.3) is 5.91 Å². The quantitative estimate of drug-likeness (QED) is 0.800. The Morgan fingerprint density at radius 1 is 1.14 bits per heavy atom. The molecule has 0 unspecified atom stereocenters. The Morgan fingerprint density at radius 2 is 2.00 bits per heavy atom. The van der Waals surface area contributed by atoms with Crippen molar-refractivity contribution < 1.29 is 14.0 Å². The lowest BCUT2D eigenvalue weighted by atomic mass is 9.92. The van der Waals surface area contributed by atoms with E-state index in [0.29, 0.717) is 24.6 Å². The van der Waals surface area contributed by atoms with Crippen LogP contribution >= 0.6 is 0 Å². The number of benzene rings is 1. The van der Waals surface area contributed by atoms with Crippen LogP contribution in [0, 0.1) is 5.92 Å². The average Bonchev–Trinajstić information content (AvgIpc) is 3.26. The maximum absolute atomic E-state index is 13.4. The normalized spacial score (nSPS) is 19.6. The molecule has 0 radical (unpaired) electrons. The molecule has 1 atom stereocenters. The van der Waals surface area contributed by atoms with Gasteiger partial charge in [0.15, 0.2) is 0 Å². The van der Waals surface area contributed by atoms with Crippen LogP contribution in [0.4, 0.5) is 5.69 Å². The number of anilines is 1. The largest absolute Gasteiger partial charge is 0.472 e. The smallest absolute Gasteiger partial charge is 0.257 e. The molecule has 1 fully saturated rings. The number of fused-ring (bicyclic) bond motifs is 1. The van der Waals surface area contributed by atoms with Gasteiger partial charge in [-0.15, -0.1) is 0 Å². The van der Waals surface area contributed by atoms with Crippen molar-refractivity contribution in [1.29, 1.82) is 0 Å². The lowest BCUT2D eigenvalue weighted by molar-refractivity contribution is -0.123. The summed E-state index contributed by atoms with van der Waals surface area (Å²) in [4.78, 5) is 29.8. The second kappa shape index (κ2) is 7.82. The zero-order valence-electron chi connectivity index (χ0n) is 16.7. The van der Waals surface area contributed by atoms with Crippen molar-refractivity contribution in [3.63, 3.8) is 0 Å². The summed E-state index contributed by atoms with van der Waals surface area (Å²) in [5.41, 5.74) is 4.20. The molecular weight excluding hydrogens is 352 g/mol. The number of furan rings is 1. The molecule has 5 nitrogen and oxygen atoms in total. The van der Waals surface area contributed by atoms with Gasteiger partial charge in [-0.3, -0.25) is 9.59 Å². The lowest BCUT2D eigenvalue weighted by Crippen LogP contribution is -2.48. The predicted molar refractivity (Wildman–Crippen MR) is 109 cm³/mol. The molecule has 1 aromatic carbocycles. The number of hydrogen-bond acceptors (Lipinski definition) is 3. The SMILES string of the molecule is CC(C)c1ccc2c(c1)CCCN2C(=O)[C@@H]1CCCN(C(=O)c2ccoc2)C1. The fourth-order valence-corrected chi connectivity index (χ4v) is 4.36. The third-order valence-electron chi connectivity index (χ3n) is 5.98. The van der Waals surface area contributed by atoms with Gasteiger partial charge < -0.3 is 14.2 Å². The third-order valence-corrected chi connectivity index (χ3v) is 5.98. The van der Waals surface area contributed by atoms with Gasteiger partial charge in [0.05, 0.1) is 17.7 Å². The highest BCUT2D eigenvalue weighted by Crippen LogP contribution is 2.32. The Bertz CT molecular complexity index is 857. The highest BCUT2D eigenvalue weighted by Gasteiger charge is 2.34. The molecule has 2 aliphatic rings. The fourth-order valence-electron chi connectivity index (χ4n) is 4.36. The first kappa shape index (κ1) is 18.8. The van der Waals surface area contributed by atoms with E-state index in [2.05, 4.69) is 32.0 Å². The van der Waals surface area contributed by atoms with E-state index >= 15 is 0 Å². The van der Waals surface area contributed by atoms with Crippen molar-refractivity contribution in [1.82, 2.24) is 4.90 Å².